The van der Waals surface area contributed by atoms with E-state index < -0.39 is 0 Å². The zero-order chi connectivity index (χ0) is 20.1. The molecule has 1 aliphatic rings. The van der Waals surface area contributed by atoms with Gasteiger partial charge in [0, 0.05) is 16.0 Å². The van der Waals surface area contributed by atoms with Crippen LogP contribution in [0.25, 0.3) is 10.6 Å². The fourth-order valence-electron chi connectivity index (χ4n) is 3.91. The summed E-state index contributed by atoms with van der Waals surface area (Å²) in [6, 6.07) is 15.8. The molecule has 2 N–H and O–H groups in total. The van der Waals surface area contributed by atoms with E-state index in [-0.39, 0.29) is 6.10 Å². The Morgan fingerprint density at radius 1 is 1.03 bits per heavy atom. The standard InChI is InChI=1S/C23H25ClN2O2S/c24-19-10-6-18(7-11-19)23-26-20(15-29-23)14-27-21-12-8-17(9-13-21)22(28-25)16-4-2-1-3-5-16/h6-13,15-16,22H,1-5,14,25H2. The molecule has 0 bridgehead atoms. The fourth-order valence-corrected chi connectivity index (χ4v) is 4.84. The zero-order valence-corrected chi connectivity index (χ0v) is 17.8. The van der Waals surface area contributed by atoms with Crippen LogP contribution in [0, 0.1) is 5.92 Å². The monoisotopic (exact) mass is 428 g/mol. The molecule has 1 atom stereocenters. The van der Waals surface area contributed by atoms with Crippen molar-refractivity contribution in [1.82, 2.24) is 4.98 Å². The van der Waals surface area contributed by atoms with Gasteiger partial charge in [-0.25, -0.2) is 10.9 Å². The van der Waals surface area contributed by atoms with E-state index in [0.29, 0.717) is 12.5 Å². The number of nitrogens with two attached hydrogens (primary N) is 1. The van der Waals surface area contributed by atoms with E-state index in [1.54, 1.807) is 11.3 Å². The third-order valence-electron chi connectivity index (χ3n) is 5.46. The number of hydrogen-bond acceptors (Lipinski definition) is 5. The first-order valence-electron chi connectivity index (χ1n) is 10.0. The molecule has 6 heteroatoms. The quantitative estimate of drug-likeness (QED) is 0.433. The van der Waals surface area contributed by atoms with E-state index >= 15 is 0 Å². The summed E-state index contributed by atoms with van der Waals surface area (Å²) in [5.41, 5.74) is 3.09. The Morgan fingerprint density at radius 3 is 2.45 bits per heavy atom. The molecule has 1 unspecified atom stereocenters. The summed E-state index contributed by atoms with van der Waals surface area (Å²) in [5, 5.41) is 3.72. The van der Waals surface area contributed by atoms with E-state index in [0.717, 1.165) is 32.6 Å². The Balaban J connectivity index is 1.36. The molecule has 4 rings (SSSR count). The molecule has 1 fully saturated rings. The Hall–Kier alpha value is -1.92. The van der Waals surface area contributed by atoms with E-state index in [1.165, 1.54) is 32.1 Å². The average Bonchev–Trinajstić information content (AvgIpc) is 3.24. The van der Waals surface area contributed by atoms with Crippen molar-refractivity contribution in [2.75, 3.05) is 0 Å². The van der Waals surface area contributed by atoms with Crippen molar-refractivity contribution in [3.8, 4) is 16.3 Å². The molecule has 3 aromatic rings. The lowest BCUT2D eigenvalue weighted by atomic mass is 9.83. The molecule has 0 saturated heterocycles. The highest BCUT2D eigenvalue weighted by atomic mass is 35.5. The van der Waals surface area contributed by atoms with Crippen LogP contribution in [0.2, 0.25) is 5.02 Å². The van der Waals surface area contributed by atoms with Gasteiger partial charge >= 0.3 is 0 Å². The predicted molar refractivity (Wildman–Crippen MR) is 118 cm³/mol. The van der Waals surface area contributed by atoms with Gasteiger partial charge in [-0.15, -0.1) is 11.3 Å². The van der Waals surface area contributed by atoms with Crippen molar-refractivity contribution in [1.29, 1.82) is 0 Å². The Morgan fingerprint density at radius 2 is 1.76 bits per heavy atom. The number of rotatable bonds is 7. The number of benzene rings is 2. The minimum Gasteiger partial charge on any atom is -0.487 e. The molecule has 152 valence electrons. The lowest BCUT2D eigenvalue weighted by molar-refractivity contribution is -0.00278. The summed E-state index contributed by atoms with van der Waals surface area (Å²) >= 11 is 7.56. The van der Waals surface area contributed by atoms with Crippen LogP contribution in [0.4, 0.5) is 0 Å². The molecule has 0 spiro atoms. The Bertz CT molecular complexity index is 905. The SMILES string of the molecule is NOC(c1ccc(OCc2csc(-c3ccc(Cl)cc3)n2)cc1)C1CCCCC1. The van der Waals surface area contributed by atoms with Crippen LogP contribution in [0.5, 0.6) is 5.75 Å². The molecule has 29 heavy (non-hydrogen) atoms. The third-order valence-corrected chi connectivity index (χ3v) is 6.66. The Kier molecular flexibility index (Phi) is 6.82. The molecular formula is C23H25ClN2O2S. The van der Waals surface area contributed by atoms with Crippen LogP contribution in [0.15, 0.2) is 53.9 Å². The first-order valence-corrected chi connectivity index (χ1v) is 11.3. The number of hydrogen-bond donors (Lipinski definition) is 1. The lowest BCUT2D eigenvalue weighted by Crippen LogP contribution is -2.21. The van der Waals surface area contributed by atoms with Gasteiger partial charge in [0.05, 0.1) is 5.69 Å². The Labute approximate surface area is 180 Å². The molecule has 2 aromatic carbocycles. The average molecular weight is 429 g/mol. The second-order valence-electron chi connectivity index (χ2n) is 7.46. The van der Waals surface area contributed by atoms with Gasteiger partial charge in [-0.2, -0.15) is 0 Å². The summed E-state index contributed by atoms with van der Waals surface area (Å²) in [6.07, 6.45) is 6.16. The van der Waals surface area contributed by atoms with Crippen LogP contribution in [0.3, 0.4) is 0 Å². The summed E-state index contributed by atoms with van der Waals surface area (Å²) < 4.78 is 5.93. The van der Waals surface area contributed by atoms with Gasteiger partial charge in [0.25, 0.3) is 0 Å². The van der Waals surface area contributed by atoms with Gasteiger partial charge in [-0.3, -0.25) is 4.84 Å². The van der Waals surface area contributed by atoms with Crippen LogP contribution in [0.1, 0.15) is 49.5 Å². The molecule has 0 radical (unpaired) electrons. The summed E-state index contributed by atoms with van der Waals surface area (Å²) in [7, 11) is 0. The summed E-state index contributed by atoms with van der Waals surface area (Å²) in [6.45, 7) is 0.433. The number of halogens is 1. The molecule has 1 aliphatic carbocycles. The van der Waals surface area contributed by atoms with E-state index in [4.69, 9.17) is 27.1 Å². The third kappa shape index (κ3) is 5.17. The summed E-state index contributed by atoms with van der Waals surface area (Å²) in [5.74, 6) is 6.94. The topological polar surface area (TPSA) is 57.4 Å². The predicted octanol–water partition coefficient (Wildman–Crippen LogP) is 6.55. The van der Waals surface area contributed by atoms with E-state index in [1.807, 2.05) is 41.8 Å². The molecular weight excluding hydrogens is 404 g/mol. The molecule has 0 aliphatic heterocycles. The number of aromatic nitrogens is 1. The number of thiazole rings is 1. The van der Waals surface area contributed by atoms with Crippen molar-refractivity contribution >= 4 is 22.9 Å². The number of ether oxygens (including phenoxy) is 1. The zero-order valence-electron chi connectivity index (χ0n) is 16.2. The minimum absolute atomic E-state index is 0.0372. The number of nitrogens with zero attached hydrogens (tertiary/aromatic N) is 1. The maximum atomic E-state index is 5.95. The smallest absolute Gasteiger partial charge is 0.131 e. The molecule has 0 amide bonds. The van der Waals surface area contributed by atoms with Gasteiger partial charge in [-0.1, -0.05) is 55.1 Å². The van der Waals surface area contributed by atoms with Crippen molar-refractivity contribution in [2.24, 2.45) is 11.8 Å². The minimum atomic E-state index is -0.0372. The van der Waals surface area contributed by atoms with Gasteiger partial charge in [0.1, 0.15) is 23.5 Å². The van der Waals surface area contributed by atoms with Crippen LogP contribution < -0.4 is 10.6 Å². The van der Waals surface area contributed by atoms with Gasteiger partial charge in [0.15, 0.2) is 0 Å². The van der Waals surface area contributed by atoms with E-state index in [2.05, 4.69) is 17.1 Å². The highest BCUT2D eigenvalue weighted by Crippen LogP contribution is 2.36. The molecule has 4 nitrogen and oxygen atoms in total. The van der Waals surface area contributed by atoms with Crippen LogP contribution >= 0.6 is 22.9 Å². The van der Waals surface area contributed by atoms with Crippen LogP contribution in [-0.2, 0) is 11.4 Å². The molecule has 1 heterocycles. The van der Waals surface area contributed by atoms with Crippen molar-refractivity contribution in [2.45, 2.75) is 44.8 Å². The van der Waals surface area contributed by atoms with Gasteiger partial charge < -0.3 is 4.74 Å². The maximum Gasteiger partial charge on any atom is 0.131 e. The largest absolute Gasteiger partial charge is 0.487 e. The maximum absolute atomic E-state index is 5.95. The first-order chi connectivity index (χ1) is 14.2. The molecule has 1 aromatic heterocycles. The highest BCUT2D eigenvalue weighted by molar-refractivity contribution is 7.13. The second kappa shape index (κ2) is 9.72. The van der Waals surface area contributed by atoms with Gasteiger partial charge in [-0.05, 0) is 48.6 Å². The van der Waals surface area contributed by atoms with Crippen molar-refractivity contribution < 1.29 is 9.57 Å². The van der Waals surface area contributed by atoms with Crippen molar-refractivity contribution in [3.05, 3.63) is 70.2 Å². The van der Waals surface area contributed by atoms with Crippen LogP contribution in [-0.4, -0.2) is 4.98 Å². The van der Waals surface area contributed by atoms with E-state index in [9.17, 15) is 0 Å². The van der Waals surface area contributed by atoms with Gasteiger partial charge in [0.2, 0.25) is 0 Å². The van der Waals surface area contributed by atoms with Crippen molar-refractivity contribution in [3.63, 3.8) is 0 Å². The summed E-state index contributed by atoms with van der Waals surface area (Å²) in [4.78, 5) is 10.00. The highest BCUT2D eigenvalue weighted by Gasteiger charge is 2.25. The second-order valence-corrected chi connectivity index (χ2v) is 8.76. The normalized spacial score (nSPS) is 15.9. The lowest BCUT2D eigenvalue weighted by Gasteiger charge is -2.28. The first kappa shape index (κ1) is 20.4. The fraction of sp³-hybridized carbons (Fsp3) is 0.348. The molecule has 1 saturated carbocycles.